The second-order valence-corrected chi connectivity index (χ2v) is 26.7. The molecule has 10 heteroatoms. The zero-order chi connectivity index (χ0) is 27.5. The summed E-state index contributed by atoms with van der Waals surface area (Å²) in [6, 6.07) is 6.28. The summed E-state index contributed by atoms with van der Waals surface area (Å²) in [5, 5.41) is 5.83. The van der Waals surface area contributed by atoms with Crippen molar-refractivity contribution >= 4 is 54.7 Å². The van der Waals surface area contributed by atoms with Gasteiger partial charge in [0, 0.05) is 45.1 Å². The van der Waals surface area contributed by atoms with Crippen molar-refractivity contribution in [2.75, 3.05) is 13.2 Å². The molecule has 0 N–H and O–H groups in total. The molecular weight excluding hydrogens is 596 g/mol. The highest BCUT2D eigenvalue weighted by molar-refractivity contribution is 9.10. The summed E-state index contributed by atoms with van der Waals surface area (Å²) < 4.78 is 17.7. The van der Waals surface area contributed by atoms with Crippen LogP contribution in [0.25, 0.3) is 22.6 Å². The third kappa shape index (κ3) is 6.03. The van der Waals surface area contributed by atoms with Gasteiger partial charge in [-0.2, -0.15) is 5.10 Å². The predicted octanol–water partition coefficient (Wildman–Crippen LogP) is 8.38. The first-order chi connectivity index (χ1) is 17.7. The summed E-state index contributed by atoms with van der Waals surface area (Å²) >= 11 is 10.3. The fourth-order valence-electron chi connectivity index (χ4n) is 5.80. The van der Waals surface area contributed by atoms with Crippen LogP contribution in [-0.2, 0) is 29.4 Å². The van der Waals surface area contributed by atoms with E-state index in [-0.39, 0.29) is 0 Å². The molecule has 3 aromatic rings. The minimum atomic E-state index is -1.19. The van der Waals surface area contributed by atoms with Crippen molar-refractivity contribution in [3.05, 3.63) is 32.9 Å². The highest BCUT2D eigenvalue weighted by Crippen LogP contribution is 2.59. The van der Waals surface area contributed by atoms with Crippen LogP contribution in [0.4, 0.5) is 0 Å². The van der Waals surface area contributed by atoms with Gasteiger partial charge in [0.2, 0.25) is 0 Å². The SMILES string of the molecule is C[Si](C)(C)CCOCn1nc(-c2nc3c(Cl)cc(Br)cc3n2COCC[Si](C)(C)C)c2c1C[C@]1(C)C[C@H]2C1. The highest BCUT2D eigenvalue weighted by atomic mass is 79.9. The third-order valence-electron chi connectivity index (χ3n) is 7.99. The van der Waals surface area contributed by atoms with Crippen molar-refractivity contribution < 1.29 is 9.47 Å². The first-order valence-electron chi connectivity index (χ1n) is 13.8. The van der Waals surface area contributed by atoms with Crippen molar-refractivity contribution in [3.63, 3.8) is 0 Å². The van der Waals surface area contributed by atoms with Crippen LogP contribution in [-0.4, -0.2) is 48.7 Å². The van der Waals surface area contributed by atoms with E-state index in [9.17, 15) is 0 Å². The zero-order valence-corrected chi connectivity index (χ0v) is 28.3. The summed E-state index contributed by atoms with van der Waals surface area (Å²) in [7, 11) is -2.34. The molecule has 6 nitrogen and oxygen atoms in total. The molecule has 1 aromatic carbocycles. The van der Waals surface area contributed by atoms with Gasteiger partial charge in [0.25, 0.3) is 0 Å². The van der Waals surface area contributed by atoms with Gasteiger partial charge >= 0.3 is 0 Å². The first-order valence-corrected chi connectivity index (χ1v) is 22.4. The van der Waals surface area contributed by atoms with Crippen molar-refractivity contribution in [1.29, 1.82) is 0 Å². The number of hydrogen-bond acceptors (Lipinski definition) is 4. The fraction of sp³-hybridized carbons (Fsp3) is 0.643. The Morgan fingerprint density at radius 3 is 2.29 bits per heavy atom. The van der Waals surface area contributed by atoms with Crippen LogP contribution in [0.1, 0.15) is 36.9 Å². The standard InChI is InChI=1S/C28H42BrClN4O2Si2/c1-28-14-19(15-28)24-23(16-28)34(18-36-9-11-38(5,6)7)32-26(24)27-31-25-21(30)12-20(29)13-22(25)33(27)17-35-8-10-37(2,3)4/h12-13,19H,8-11,14-18H2,1-7H3/t19-,28+. The number of imidazole rings is 1. The van der Waals surface area contributed by atoms with Crippen LogP contribution in [0.5, 0.6) is 0 Å². The second kappa shape index (κ2) is 10.5. The van der Waals surface area contributed by atoms with Gasteiger partial charge < -0.3 is 9.47 Å². The maximum Gasteiger partial charge on any atom is 0.163 e. The molecule has 0 unspecified atom stereocenters. The molecule has 38 heavy (non-hydrogen) atoms. The number of benzene rings is 1. The van der Waals surface area contributed by atoms with Crippen molar-refractivity contribution in [2.24, 2.45) is 5.41 Å². The van der Waals surface area contributed by atoms with Crippen LogP contribution < -0.4 is 0 Å². The summed E-state index contributed by atoms with van der Waals surface area (Å²) in [6.45, 7) is 19.2. The van der Waals surface area contributed by atoms with Gasteiger partial charge in [-0.15, -0.1) is 0 Å². The van der Waals surface area contributed by atoms with Crippen LogP contribution in [0, 0.1) is 5.41 Å². The molecular formula is C28H42BrClN4O2Si2. The molecule has 0 radical (unpaired) electrons. The van der Waals surface area contributed by atoms with E-state index in [1.54, 1.807) is 0 Å². The smallest absolute Gasteiger partial charge is 0.163 e. The third-order valence-corrected chi connectivity index (χ3v) is 12.1. The maximum atomic E-state index is 6.70. The van der Waals surface area contributed by atoms with Gasteiger partial charge in [0.05, 0.1) is 10.5 Å². The average molecular weight is 638 g/mol. The van der Waals surface area contributed by atoms with Gasteiger partial charge in [-0.1, -0.05) is 73.7 Å². The van der Waals surface area contributed by atoms with E-state index in [0.717, 1.165) is 58.7 Å². The molecule has 0 spiro atoms. The Labute approximate surface area is 242 Å². The molecule has 2 aromatic heterocycles. The minimum absolute atomic E-state index is 0.374. The van der Waals surface area contributed by atoms with E-state index in [4.69, 9.17) is 31.2 Å². The lowest BCUT2D eigenvalue weighted by Crippen LogP contribution is -2.41. The largest absolute Gasteiger partial charge is 0.361 e. The number of ether oxygens (including phenoxy) is 2. The van der Waals surface area contributed by atoms with Gasteiger partial charge in [0.1, 0.15) is 24.7 Å². The molecule has 3 aliphatic carbocycles. The Morgan fingerprint density at radius 2 is 1.66 bits per heavy atom. The minimum Gasteiger partial charge on any atom is -0.361 e. The Morgan fingerprint density at radius 1 is 1.03 bits per heavy atom. The summed E-state index contributed by atoms with van der Waals surface area (Å²) in [6.07, 6.45) is 3.48. The molecule has 2 heterocycles. The van der Waals surface area contributed by atoms with Gasteiger partial charge in [0.15, 0.2) is 5.82 Å². The van der Waals surface area contributed by atoms with Crippen molar-refractivity contribution in [3.8, 4) is 11.5 Å². The molecule has 0 aliphatic heterocycles. The van der Waals surface area contributed by atoms with Crippen LogP contribution in [0.2, 0.25) is 56.4 Å². The molecule has 1 fully saturated rings. The Balaban J connectivity index is 1.53. The molecule has 1 saturated carbocycles. The normalized spacial score (nSPS) is 21.1. The van der Waals surface area contributed by atoms with E-state index < -0.39 is 16.1 Å². The number of nitrogens with zero attached hydrogens (tertiary/aromatic N) is 4. The van der Waals surface area contributed by atoms with Crippen LogP contribution in [0.3, 0.4) is 0 Å². The number of aromatic nitrogens is 4. The molecule has 3 aliphatic rings. The summed E-state index contributed by atoms with van der Waals surface area (Å²) in [4.78, 5) is 5.10. The molecule has 0 amide bonds. The molecule has 208 valence electrons. The Bertz CT molecular complexity index is 1340. The molecule has 0 saturated heterocycles. The van der Waals surface area contributed by atoms with Crippen LogP contribution >= 0.6 is 27.5 Å². The van der Waals surface area contributed by atoms with Gasteiger partial charge in [-0.05, 0) is 54.8 Å². The zero-order valence-electron chi connectivity index (χ0n) is 24.0. The second-order valence-electron chi connectivity index (χ2n) is 14.1. The average Bonchev–Trinajstić information content (AvgIpc) is 3.31. The van der Waals surface area contributed by atoms with Gasteiger partial charge in [-0.25, -0.2) is 9.67 Å². The topological polar surface area (TPSA) is 54.1 Å². The number of fused-ring (bicyclic) bond motifs is 1. The van der Waals surface area contributed by atoms with Crippen LogP contribution in [0.15, 0.2) is 16.6 Å². The summed E-state index contributed by atoms with van der Waals surface area (Å²) in [5.74, 6) is 1.37. The maximum absolute atomic E-state index is 6.70. The molecule has 6 rings (SSSR count). The quantitative estimate of drug-likeness (QED) is 0.157. The lowest BCUT2D eigenvalue weighted by atomic mass is 9.54. The highest BCUT2D eigenvalue weighted by Gasteiger charge is 2.50. The lowest BCUT2D eigenvalue weighted by Gasteiger charge is -2.50. The molecule has 2 bridgehead atoms. The van der Waals surface area contributed by atoms with E-state index in [2.05, 4.69) is 77.5 Å². The predicted molar refractivity (Wildman–Crippen MR) is 166 cm³/mol. The number of hydrogen-bond donors (Lipinski definition) is 0. The van der Waals surface area contributed by atoms with Crippen molar-refractivity contribution in [1.82, 2.24) is 19.3 Å². The Hall–Kier alpha value is -0.976. The van der Waals surface area contributed by atoms with E-state index in [1.165, 1.54) is 24.1 Å². The Kier molecular flexibility index (Phi) is 7.85. The van der Waals surface area contributed by atoms with Gasteiger partial charge in [-0.3, -0.25) is 4.57 Å². The fourth-order valence-corrected chi connectivity index (χ4v) is 8.15. The van der Waals surface area contributed by atoms with E-state index in [0.29, 0.717) is 29.8 Å². The monoisotopic (exact) mass is 636 g/mol. The van der Waals surface area contributed by atoms with Crippen molar-refractivity contribution in [2.45, 2.75) is 96.9 Å². The van der Waals surface area contributed by atoms with E-state index >= 15 is 0 Å². The summed E-state index contributed by atoms with van der Waals surface area (Å²) in [5.41, 5.74) is 5.79. The molecule has 0 atom stereocenters. The lowest BCUT2D eigenvalue weighted by molar-refractivity contribution is 0.0639. The first kappa shape index (κ1) is 28.5. The number of rotatable bonds is 11. The number of halogens is 2. The van der Waals surface area contributed by atoms with E-state index in [1.807, 2.05) is 6.07 Å².